The Morgan fingerprint density at radius 1 is 0.939 bits per heavy atom. The molecule has 0 unspecified atom stereocenters. The molecule has 3 aromatic rings. The Kier molecular flexibility index (Phi) is 8.37. The summed E-state index contributed by atoms with van der Waals surface area (Å²) >= 11 is 1.60. The van der Waals surface area contributed by atoms with E-state index >= 15 is 0 Å². The average molecular weight is 486 g/mol. The molecule has 3 rings (SSSR count). The number of hydrogen-bond acceptors (Lipinski definition) is 5. The van der Waals surface area contributed by atoms with Crippen LogP contribution in [-0.2, 0) is 27.8 Å². The highest BCUT2D eigenvalue weighted by Crippen LogP contribution is 2.18. The first-order valence-electron chi connectivity index (χ1n) is 10.6. The van der Waals surface area contributed by atoms with Crippen molar-refractivity contribution in [3.05, 3.63) is 82.0 Å². The minimum atomic E-state index is -3.56. The molecule has 0 aliphatic rings. The van der Waals surface area contributed by atoms with Gasteiger partial charge in [-0.2, -0.15) is 4.31 Å². The van der Waals surface area contributed by atoms with Gasteiger partial charge in [-0.25, -0.2) is 8.42 Å². The summed E-state index contributed by atoms with van der Waals surface area (Å²) in [5, 5.41) is 7.64. The number of thiophene rings is 1. The zero-order valence-electron chi connectivity index (χ0n) is 18.6. The van der Waals surface area contributed by atoms with Gasteiger partial charge in [0.1, 0.15) is 0 Å². The van der Waals surface area contributed by atoms with E-state index in [1.807, 2.05) is 17.5 Å². The van der Waals surface area contributed by atoms with Gasteiger partial charge in [-0.1, -0.05) is 32.0 Å². The van der Waals surface area contributed by atoms with E-state index in [1.54, 1.807) is 49.4 Å². The lowest BCUT2D eigenvalue weighted by molar-refractivity contribution is -0.120. The molecule has 0 saturated carbocycles. The van der Waals surface area contributed by atoms with Crippen LogP contribution in [0.3, 0.4) is 0 Å². The number of carbonyl (C=O) groups is 2. The van der Waals surface area contributed by atoms with Gasteiger partial charge in [-0.3, -0.25) is 9.59 Å². The highest BCUT2D eigenvalue weighted by Gasteiger charge is 2.21. The van der Waals surface area contributed by atoms with Gasteiger partial charge in [0, 0.05) is 29.2 Å². The zero-order valence-corrected chi connectivity index (χ0v) is 20.2. The Morgan fingerprint density at radius 2 is 1.61 bits per heavy atom. The molecule has 0 aliphatic heterocycles. The third-order valence-electron chi connectivity index (χ3n) is 5.08. The van der Waals surface area contributed by atoms with Gasteiger partial charge in [-0.05, 0) is 53.4 Å². The number of benzene rings is 2. The lowest BCUT2D eigenvalue weighted by Gasteiger charge is -2.18. The molecule has 0 bridgehead atoms. The van der Waals surface area contributed by atoms with Crippen molar-refractivity contribution in [3.8, 4) is 0 Å². The van der Waals surface area contributed by atoms with Gasteiger partial charge >= 0.3 is 0 Å². The van der Waals surface area contributed by atoms with E-state index in [4.69, 9.17) is 0 Å². The minimum Gasteiger partial charge on any atom is -0.351 e. The lowest BCUT2D eigenvalue weighted by atomic mass is 10.1. The van der Waals surface area contributed by atoms with Crippen LogP contribution in [0.1, 0.15) is 34.6 Å². The third kappa shape index (κ3) is 6.50. The summed E-state index contributed by atoms with van der Waals surface area (Å²) in [6.45, 7) is 4.85. The van der Waals surface area contributed by atoms with Gasteiger partial charge < -0.3 is 10.6 Å². The zero-order chi connectivity index (χ0) is 23.8. The predicted octanol–water partition coefficient (Wildman–Crippen LogP) is 3.89. The summed E-state index contributed by atoms with van der Waals surface area (Å²) in [5.41, 5.74) is 1.77. The van der Waals surface area contributed by atoms with Gasteiger partial charge in [0.25, 0.3) is 5.91 Å². The van der Waals surface area contributed by atoms with Crippen LogP contribution in [0.15, 0.2) is 70.9 Å². The number of amides is 2. The van der Waals surface area contributed by atoms with Crippen LogP contribution < -0.4 is 10.6 Å². The van der Waals surface area contributed by atoms with Gasteiger partial charge in [0.15, 0.2) is 0 Å². The van der Waals surface area contributed by atoms with Crippen molar-refractivity contribution < 1.29 is 18.0 Å². The first-order valence-corrected chi connectivity index (χ1v) is 12.9. The van der Waals surface area contributed by atoms with Crippen molar-refractivity contribution in [2.24, 2.45) is 0 Å². The van der Waals surface area contributed by atoms with Crippen molar-refractivity contribution in [2.75, 3.05) is 18.4 Å². The highest BCUT2D eigenvalue weighted by atomic mass is 32.2. The predicted molar refractivity (Wildman–Crippen MR) is 131 cm³/mol. The molecule has 33 heavy (non-hydrogen) atoms. The quantitative estimate of drug-likeness (QED) is 0.455. The van der Waals surface area contributed by atoms with Crippen LogP contribution in [0.4, 0.5) is 5.69 Å². The maximum absolute atomic E-state index is 12.6. The molecule has 0 aliphatic carbocycles. The van der Waals surface area contributed by atoms with Crippen LogP contribution in [0, 0.1) is 0 Å². The number of nitrogens with zero attached hydrogens (tertiary/aromatic N) is 1. The summed E-state index contributed by atoms with van der Waals surface area (Å²) < 4.78 is 26.5. The van der Waals surface area contributed by atoms with Crippen molar-refractivity contribution in [1.29, 1.82) is 0 Å². The second-order valence-electron chi connectivity index (χ2n) is 7.30. The molecule has 7 nitrogen and oxygen atoms in total. The summed E-state index contributed by atoms with van der Waals surface area (Å²) in [6.07, 6.45) is 0.252. The molecule has 0 atom stereocenters. The molecule has 0 fully saturated rings. The molecule has 174 valence electrons. The lowest BCUT2D eigenvalue weighted by Crippen LogP contribution is -2.30. The van der Waals surface area contributed by atoms with Crippen LogP contribution in [0.2, 0.25) is 0 Å². The van der Waals surface area contributed by atoms with E-state index in [9.17, 15) is 18.0 Å². The summed E-state index contributed by atoms with van der Waals surface area (Å²) in [5.74, 6) is -0.414. The minimum absolute atomic E-state index is 0.0695. The fourth-order valence-electron chi connectivity index (χ4n) is 3.25. The maximum Gasteiger partial charge on any atom is 0.255 e. The molecule has 1 aromatic heterocycles. The standard InChI is InChI=1S/C24H27N3O4S2/c1-3-27(4-2)33(30,31)22-13-9-19(10-14-22)24(29)26-20-11-7-18(8-12-20)16-23(28)25-17-21-6-5-15-32-21/h5-15H,3-4,16-17H2,1-2H3,(H,25,28)(H,26,29). The Morgan fingerprint density at radius 3 is 2.18 bits per heavy atom. The molecule has 2 aromatic carbocycles. The second-order valence-corrected chi connectivity index (χ2v) is 10.3. The van der Waals surface area contributed by atoms with E-state index in [0.717, 1.165) is 10.4 Å². The molecule has 9 heteroatoms. The Labute approximate surface area is 198 Å². The fourth-order valence-corrected chi connectivity index (χ4v) is 5.35. The van der Waals surface area contributed by atoms with E-state index in [1.165, 1.54) is 28.6 Å². The average Bonchev–Trinajstić information content (AvgIpc) is 3.33. The molecular formula is C24H27N3O4S2. The van der Waals surface area contributed by atoms with E-state index < -0.39 is 10.0 Å². The fraction of sp³-hybridized carbons (Fsp3) is 0.250. The van der Waals surface area contributed by atoms with Crippen LogP contribution in [-0.4, -0.2) is 37.6 Å². The SMILES string of the molecule is CCN(CC)S(=O)(=O)c1ccc(C(=O)Nc2ccc(CC(=O)NCc3cccs3)cc2)cc1. The highest BCUT2D eigenvalue weighted by molar-refractivity contribution is 7.89. The second kappa shape index (κ2) is 11.2. The van der Waals surface area contributed by atoms with Crippen LogP contribution >= 0.6 is 11.3 Å². The van der Waals surface area contributed by atoms with E-state index in [0.29, 0.717) is 30.9 Å². The first-order chi connectivity index (χ1) is 15.8. The smallest absolute Gasteiger partial charge is 0.255 e. The third-order valence-corrected chi connectivity index (χ3v) is 8.02. The molecule has 2 amide bonds. The number of sulfonamides is 1. The monoisotopic (exact) mass is 485 g/mol. The van der Waals surface area contributed by atoms with Crippen molar-refractivity contribution in [2.45, 2.75) is 31.7 Å². The van der Waals surface area contributed by atoms with Crippen molar-refractivity contribution in [1.82, 2.24) is 9.62 Å². The molecule has 0 spiro atoms. The molecule has 0 saturated heterocycles. The molecule has 2 N–H and O–H groups in total. The van der Waals surface area contributed by atoms with E-state index in [-0.39, 0.29) is 23.1 Å². The van der Waals surface area contributed by atoms with Gasteiger partial charge in [0.2, 0.25) is 15.9 Å². The number of anilines is 1. The molecule has 0 radical (unpaired) electrons. The largest absolute Gasteiger partial charge is 0.351 e. The Hall–Kier alpha value is -3.01. The van der Waals surface area contributed by atoms with Crippen LogP contribution in [0.25, 0.3) is 0 Å². The number of rotatable bonds is 10. The Balaban J connectivity index is 1.56. The summed E-state index contributed by atoms with van der Waals surface area (Å²) in [6, 6.07) is 16.9. The number of nitrogens with one attached hydrogen (secondary N) is 2. The van der Waals surface area contributed by atoms with E-state index in [2.05, 4.69) is 10.6 Å². The normalized spacial score (nSPS) is 11.4. The van der Waals surface area contributed by atoms with Gasteiger partial charge in [-0.15, -0.1) is 11.3 Å². The topological polar surface area (TPSA) is 95.6 Å². The van der Waals surface area contributed by atoms with Crippen LogP contribution in [0.5, 0.6) is 0 Å². The molecule has 1 heterocycles. The number of carbonyl (C=O) groups excluding carboxylic acids is 2. The number of hydrogen-bond donors (Lipinski definition) is 2. The van der Waals surface area contributed by atoms with Gasteiger partial charge in [0.05, 0.1) is 17.9 Å². The van der Waals surface area contributed by atoms with Crippen molar-refractivity contribution >= 4 is 38.9 Å². The maximum atomic E-state index is 12.6. The molecular weight excluding hydrogens is 458 g/mol. The summed E-state index contributed by atoms with van der Waals surface area (Å²) in [7, 11) is -3.56. The summed E-state index contributed by atoms with van der Waals surface area (Å²) in [4.78, 5) is 25.9. The van der Waals surface area contributed by atoms with Crippen molar-refractivity contribution in [3.63, 3.8) is 0 Å². The first kappa shape index (κ1) is 24.6. The Bertz CT molecular complexity index is 1170.